The van der Waals surface area contributed by atoms with Gasteiger partial charge in [0, 0.05) is 29.9 Å². The Morgan fingerprint density at radius 3 is 2.54 bits per heavy atom. The van der Waals surface area contributed by atoms with Crippen molar-refractivity contribution in [1.29, 1.82) is 0 Å². The summed E-state index contributed by atoms with van der Waals surface area (Å²) in [5.41, 5.74) is 2.90. The molecule has 1 aliphatic rings. The van der Waals surface area contributed by atoms with E-state index in [1.807, 2.05) is 48.5 Å². The van der Waals surface area contributed by atoms with E-state index in [4.69, 9.17) is 11.6 Å². The highest BCUT2D eigenvalue weighted by Gasteiger charge is 2.17. The minimum Gasteiger partial charge on any atom is -0.378 e. The summed E-state index contributed by atoms with van der Waals surface area (Å²) in [6.07, 6.45) is 7.48. The zero-order valence-electron chi connectivity index (χ0n) is 15.3. The molecule has 0 atom stereocenters. The number of rotatable bonds is 6. The van der Waals surface area contributed by atoms with Gasteiger partial charge in [-0.05, 0) is 60.8 Å². The summed E-state index contributed by atoms with van der Waals surface area (Å²) in [5, 5.41) is 3.01. The quantitative estimate of drug-likeness (QED) is 0.456. The third-order valence-electron chi connectivity index (χ3n) is 4.85. The maximum absolute atomic E-state index is 12.5. The fourth-order valence-corrected chi connectivity index (χ4v) is 3.52. The minimum absolute atomic E-state index is 0.00823. The number of allylic oxidation sites excluding steroid dienone is 5. The van der Waals surface area contributed by atoms with Gasteiger partial charge in [-0.1, -0.05) is 54.1 Å². The molecule has 2 aromatic rings. The molecule has 0 aromatic heterocycles. The van der Waals surface area contributed by atoms with E-state index in [1.165, 1.54) is 0 Å². The Kier molecular flexibility index (Phi) is 5.95. The molecule has 0 radical (unpaired) electrons. The predicted molar refractivity (Wildman–Crippen MR) is 111 cm³/mol. The number of benzene rings is 2. The number of nitrogens with zero attached hydrogens (tertiary/aromatic N) is 1. The van der Waals surface area contributed by atoms with Crippen LogP contribution in [0.3, 0.4) is 0 Å². The van der Waals surface area contributed by atoms with Crippen LogP contribution in [0.5, 0.6) is 0 Å². The minimum atomic E-state index is 0.00823. The van der Waals surface area contributed by atoms with Gasteiger partial charge in [-0.15, -0.1) is 0 Å². The smallest absolute Gasteiger partial charge is 0.185 e. The van der Waals surface area contributed by atoms with Crippen LogP contribution in [0.1, 0.15) is 37.0 Å². The first kappa shape index (κ1) is 18.5. The van der Waals surface area contributed by atoms with Crippen LogP contribution in [0.4, 0.5) is 0 Å². The summed E-state index contributed by atoms with van der Waals surface area (Å²) < 4.78 is 0. The molecular weight excluding hydrogens is 342 g/mol. The Morgan fingerprint density at radius 1 is 1.08 bits per heavy atom. The van der Waals surface area contributed by atoms with Crippen LogP contribution in [-0.4, -0.2) is 23.8 Å². The molecule has 0 N–H and O–H groups in total. The fourth-order valence-electron chi connectivity index (χ4n) is 3.21. The van der Waals surface area contributed by atoms with Crippen molar-refractivity contribution in [3.05, 3.63) is 82.6 Å². The van der Waals surface area contributed by atoms with Crippen molar-refractivity contribution in [3.63, 3.8) is 0 Å². The lowest BCUT2D eigenvalue weighted by Gasteiger charge is -2.16. The molecular formula is C23H24ClNO. The molecule has 0 spiro atoms. The van der Waals surface area contributed by atoms with E-state index < -0.39 is 0 Å². The molecule has 26 heavy (non-hydrogen) atoms. The molecule has 0 saturated carbocycles. The first-order valence-corrected chi connectivity index (χ1v) is 9.55. The van der Waals surface area contributed by atoms with Gasteiger partial charge in [-0.3, -0.25) is 4.79 Å². The van der Waals surface area contributed by atoms with E-state index in [0.29, 0.717) is 5.56 Å². The van der Waals surface area contributed by atoms with Gasteiger partial charge in [0.1, 0.15) is 0 Å². The van der Waals surface area contributed by atoms with E-state index >= 15 is 0 Å². The standard InChI is InChI=1S/C23H24ClNO/c1-3-25(4-2)16-21-12-10-18(23(21)24)13-14-22(26)20-11-9-17-7-5-6-8-19(17)15-20/h5-9,11,13-16H,3-4,10,12H2,1-2H3/b14-13+,21-16+. The Bertz CT molecular complexity index is 903. The molecule has 2 nitrogen and oxygen atoms in total. The van der Waals surface area contributed by atoms with E-state index in [2.05, 4.69) is 24.9 Å². The average molecular weight is 366 g/mol. The first-order chi connectivity index (χ1) is 12.6. The molecule has 0 bridgehead atoms. The van der Waals surface area contributed by atoms with E-state index in [1.54, 1.807) is 6.08 Å². The van der Waals surface area contributed by atoms with Gasteiger partial charge in [-0.25, -0.2) is 0 Å². The topological polar surface area (TPSA) is 20.3 Å². The third kappa shape index (κ3) is 4.08. The van der Waals surface area contributed by atoms with Crippen LogP contribution < -0.4 is 0 Å². The normalized spacial score (nSPS) is 16.2. The summed E-state index contributed by atoms with van der Waals surface area (Å²) in [6.45, 7) is 6.21. The van der Waals surface area contributed by atoms with Crippen molar-refractivity contribution < 1.29 is 4.79 Å². The molecule has 1 aliphatic carbocycles. The molecule has 0 amide bonds. The molecule has 0 fully saturated rings. The van der Waals surface area contributed by atoms with Crippen molar-refractivity contribution in [2.24, 2.45) is 0 Å². The molecule has 3 heteroatoms. The van der Waals surface area contributed by atoms with Gasteiger partial charge in [0.2, 0.25) is 0 Å². The van der Waals surface area contributed by atoms with Crippen molar-refractivity contribution in [3.8, 4) is 0 Å². The maximum Gasteiger partial charge on any atom is 0.185 e. The van der Waals surface area contributed by atoms with Crippen LogP contribution in [0.25, 0.3) is 10.8 Å². The molecule has 2 aromatic carbocycles. The molecule has 134 valence electrons. The van der Waals surface area contributed by atoms with E-state index in [-0.39, 0.29) is 5.78 Å². The Hall–Kier alpha value is -2.32. The summed E-state index contributed by atoms with van der Waals surface area (Å²) in [7, 11) is 0. The lowest BCUT2D eigenvalue weighted by molar-refractivity contribution is 0.104. The second-order valence-electron chi connectivity index (χ2n) is 6.47. The molecule has 0 saturated heterocycles. The number of carbonyl (C=O) groups excluding carboxylic acids is 1. The zero-order valence-corrected chi connectivity index (χ0v) is 16.1. The average Bonchev–Trinajstić information content (AvgIpc) is 3.03. The van der Waals surface area contributed by atoms with E-state index in [0.717, 1.165) is 52.9 Å². The van der Waals surface area contributed by atoms with Crippen LogP contribution in [0, 0.1) is 0 Å². The van der Waals surface area contributed by atoms with Crippen molar-refractivity contribution in [2.75, 3.05) is 13.1 Å². The van der Waals surface area contributed by atoms with Crippen molar-refractivity contribution in [2.45, 2.75) is 26.7 Å². The molecule has 3 rings (SSSR count). The third-order valence-corrected chi connectivity index (χ3v) is 5.33. The van der Waals surface area contributed by atoms with Crippen LogP contribution in [-0.2, 0) is 0 Å². The number of halogens is 1. The maximum atomic E-state index is 12.5. The van der Waals surface area contributed by atoms with Gasteiger partial charge >= 0.3 is 0 Å². The highest BCUT2D eigenvalue weighted by atomic mass is 35.5. The zero-order chi connectivity index (χ0) is 18.5. The number of ketones is 1. The van der Waals surface area contributed by atoms with E-state index in [9.17, 15) is 4.79 Å². The summed E-state index contributed by atoms with van der Waals surface area (Å²) in [4.78, 5) is 14.8. The number of hydrogen-bond acceptors (Lipinski definition) is 2. The second-order valence-corrected chi connectivity index (χ2v) is 6.85. The van der Waals surface area contributed by atoms with Gasteiger partial charge in [0.25, 0.3) is 0 Å². The second kappa shape index (κ2) is 8.37. The SMILES string of the molecule is CCN(/C=C1\CCC(/C=C/C(=O)c2ccc3ccccc3c2)=C1Cl)CC. The fraction of sp³-hybridized carbons (Fsp3) is 0.261. The van der Waals surface area contributed by atoms with Gasteiger partial charge in [0.05, 0.1) is 0 Å². The molecule has 0 unspecified atom stereocenters. The lowest BCUT2D eigenvalue weighted by Crippen LogP contribution is -2.16. The Balaban J connectivity index is 1.78. The number of fused-ring (bicyclic) bond motifs is 1. The summed E-state index contributed by atoms with van der Waals surface area (Å²) in [5.74, 6) is 0.00823. The Labute approximate surface area is 160 Å². The monoisotopic (exact) mass is 365 g/mol. The predicted octanol–water partition coefficient (Wildman–Crippen LogP) is 6.09. The van der Waals surface area contributed by atoms with Crippen molar-refractivity contribution in [1.82, 2.24) is 4.90 Å². The lowest BCUT2D eigenvalue weighted by atomic mass is 10.0. The van der Waals surface area contributed by atoms with Gasteiger partial charge in [-0.2, -0.15) is 0 Å². The summed E-state index contributed by atoms with van der Waals surface area (Å²) in [6, 6.07) is 13.9. The molecule has 0 aliphatic heterocycles. The van der Waals surface area contributed by atoms with Crippen molar-refractivity contribution >= 4 is 28.2 Å². The summed E-state index contributed by atoms with van der Waals surface area (Å²) >= 11 is 6.53. The van der Waals surface area contributed by atoms with Crippen LogP contribution in [0.15, 0.2) is 77.0 Å². The van der Waals surface area contributed by atoms with Crippen LogP contribution >= 0.6 is 11.6 Å². The molecule has 0 heterocycles. The Morgan fingerprint density at radius 2 is 1.81 bits per heavy atom. The van der Waals surface area contributed by atoms with Gasteiger partial charge in [0.15, 0.2) is 5.78 Å². The highest BCUT2D eigenvalue weighted by Crippen LogP contribution is 2.35. The first-order valence-electron chi connectivity index (χ1n) is 9.17. The van der Waals surface area contributed by atoms with Gasteiger partial charge < -0.3 is 4.90 Å². The largest absolute Gasteiger partial charge is 0.378 e. The van der Waals surface area contributed by atoms with Crippen LogP contribution in [0.2, 0.25) is 0 Å². The number of hydrogen-bond donors (Lipinski definition) is 0. The number of carbonyl (C=O) groups is 1. The highest BCUT2D eigenvalue weighted by molar-refractivity contribution is 6.33.